The summed E-state index contributed by atoms with van der Waals surface area (Å²) in [7, 11) is 0. The van der Waals surface area contributed by atoms with E-state index in [9.17, 15) is 0 Å². The van der Waals surface area contributed by atoms with Gasteiger partial charge >= 0.3 is 0 Å². The molecule has 19 heavy (non-hydrogen) atoms. The Hall–Kier alpha value is -1.28. The summed E-state index contributed by atoms with van der Waals surface area (Å²) in [5.41, 5.74) is 3.68. The quantitative estimate of drug-likeness (QED) is 0.838. The van der Waals surface area contributed by atoms with Crippen LogP contribution in [0, 0.1) is 6.92 Å². The van der Waals surface area contributed by atoms with E-state index in [0.717, 1.165) is 24.3 Å². The summed E-state index contributed by atoms with van der Waals surface area (Å²) >= 11 is 0. The zero-order valence-corrected chi connectivity index (χ0v) is 12.7. The van der Waals surface area contributed by atoms with E-state index >= 15 is 0 Å². The average molecular weight is 259 g/mol. The smallest absolute Gasteiger partial charge is 0.138 e. The van der Waals surface area contributed by atoms with Crippen LogP contribution in [0.4, 0.5) is 0 Å². The van der Waals surface area contributed by atoms with Crippen molar-refractivity contribution >= 4 is 11.0 Å². The van der Waals surface area contributed by atoms with E-state index in [-0.39, 0.29) is 0 Å². The molecule has 1 aromatic carbocycles. The number of fused-ring (bicyclic) bond motifs is 1. The SMILES string of the molecule is CCC(C)c1cccc2c(C)c(CNC(C)C)oc12. The maximum absolute atomic E-state index is 6.14. The summed E-state index contributed by atoms with van der Waals surface area (Å²) in [6.45, 7) is 11.8. The summed E-state index contributed by atoms with van der Waals surface area (Å²) in [6, 6.07) is 6.98. The van der Waals surface area contributed by atoms with Crippen molar-refractivity contribution in [1.82, 2.24) is 5.32 Å². The highest BCUT2D eigenvalue weighted by atomic mass is 16.3. The van der Waals surface area contributed by atoms with Crippen LogP contribution in [0.1, 0.15) is 56.9 Å². The molecule has 1 N–H and O–H groups in total. The van der Waals surface area contributed by atoms with Gasteiger partial charge in [0.05, 0.1) is 6.54 Å². The third kappa shape index (κ3) is 2.84. The third-order valence-electron chi connectivity index (χ3n) is 3.91. The van der Waals surface area contributed by atoms with Gasteiger partial charge in [-0.2, -0.15) is 0 Å². The number of benzene rings is 1. The van der Waals surface area contributed by atoms with Crippen molar-refractivity contribution in [3.63, 3.8) is 0 Å². The molecule has 2 heteroatoms. The van der Waals surface area contributed by atoms with Crippen molar-refractivity contribution in [2.45, 2.75) is 59.5 Å². The van der Waals surface area contributed by atoms with Gasteiger partial charge in [-0.15, -0.1) is 0 Å². The van der Waals surface area contributed by atoms with Gasteiger partial charge in [-0.25, -0.2) is 0 Å². The van der Waals surface area contributed by atoms with Gasteiger partial charge in [0.15, 0.2) is 0 Å². The molecular formula is C17H25NO. The fourth-order valence-electron chi connectivity index (χ4n) is 2.39. The number of furan rings is 1. The molecule has 0 bridgehead atoms. The molecule has 0 saturated heterocycles. The third-order valence-corrected chi connectivity index (χ3v) is 3.91. The highest BCUT2D eigenvalue weighted by Gasteiger charge is 2.15. The standard InChI is InChI=1S/C17H25NO/c1-6-12(4)14-8-7-9-15-13(5)16(19-17(14)15)10-18-11(2)3/h7-9,11-12,18H,6,10H2,1-5H3. The lowest BCUT2D eigenvalue weighted by Crippen LogP contribution is -2.21. The van der Waals surface area contributed by atoms with Gasteiger partial charge in [0.25, 0.3) is 0 Å². The van der Waals surface area contributed by atoms with E-state index in [0.29, 0.717) is 12.0 Å². The Kier molecular flexibility index (Phi) is 4.31. The van der Waals surface area contributed by atoms with Crippen molar-refractivity contribution in [3.05, 3.63) is 35.1 Å². The summed E-state index contributed by atoms with van der Waals surface area (Å²) in [5, 5.41) is 4.69. The highest BCUT2D eigenvalue weighted by molar-refractivity contribution is 5.85. The van der Waals surface area contributed by atoms with Crippen LogP contribution in [0.25, 0.3) is 11.0 Å². The van der Waals surface area contributed by atoms with Crippen LogP contribution in [0.15, 0.2) is 22.6 Å². The van der Waals surface area contributed by atoms with Gasteiger partial charge in [0, 0.05) is 11.4 Å². The molecule has 2 nitrogen and oxygen atoms in total. The van der Waals surface area contributed by atoms with E-state index in [2.05, 4.69) is 58.1 Å². The van der Waals surface area contributed by atoms with Crippen LogP contribution in [0.3, 0.4) is 0 Å². The number of hydrogen-bond acceptors (Lipinski definition) is 2. The first-order chi connectivity index (χ1) is 9.04. The number of nitrogens with one attached hydrogen (secondary N) is 1. The Morgan fingerprint density at radius 1 is 1.21 bits per heavy atom. The molecule has 0 radical (unpaired) electrons. The molecule has 1 atom stereocenters. The lowest BCUT2D eigenvalue weighted by molar-refractivity contribution is 0.482. The van der Waals surface area contributed by atoms with Crippen molar-refractivity contribution in [2.24, 2.45) is 0 Å². The second-order valence-corrected chi connectivity index (χ2v) is 5.72. The highest BCUT2D eigenvalue weighted by Crippen LogP contribution is 2.32. The Morgan fingerprint density at radius 2 is 1.95 bits per heavy atom. The monoisotopic (exact) mass is 259 g/mol. The minimum Gasteiger partial charge on any atom is -0.459 e. The molecular weight excluding hydrogens is 234 g/mol. The topological polar surface area (TPSA) is 25.2 Å². The lowest BCUT2D eigenvalue weighted by Gasteiger charge is -2.09. The van der Waals surface area contributed by atoms with Gasteiger partial charge in [0.2, 0.25) is 0 Å². The first-order valence-corrected chi connectivity index (χ1v) is 7.28. The minimum atomic E-state index is 0.474. The van der Waals surface area contributed by atoms with E-state index < -0.39 is 0 Å². The van der Waals surface area contributed by atoms with Crippen LogP contribution in [-0.4, -0.2) is 6.04 Å². The number of para-hydroxylation sites is 1. The largest absolute Gasteiger partial charge is 0.459 e. The fraction of sp³-hybridized carbons (Fsp3) is 0.529. The predicted octanol–water partition coefficient (Wildman–Crippen LogP) is 4.75. The molecule has 104 valence electrons. The van der Waals surface area contributed by atoms with Crippen molar-refractivity contribution in [2.75, 3.05) is 0 Å². The van der Waals surface area contributed by atoms with Crippen LogP contribution >= 0.6 is 0 Å². The fourth-order valence-corrected chi connectivity index (χ4v) is 2.39. The molecule has 2 aromatic rings. The van der Waals surface area contributed by atoms with Crippen LogP contribution in [0.5, 0.6) is 0 Å². The van der Waals surface area contributed by atoms with Gasteiger partial charge < -0.3 is 9.73 Å². The minimum absolute atomic E-state index is 0.474. The Labute approximate surface area is 116 Å². The van der Waals surface area contributed by atoms with Crippen molar-refractivity contribution in [3.8, 4) is 0 Å². The molecule has 1 heterocycles. The zero-order chi connectivity index (χ0) is 14.0. The van der Waals surface area contributed by atoms with E-state index in [1.54, 1.807) is 0 Å². The molecule has 0 aliphatic carbocycles. The summed E-state index contributed by atoms with van der Waals surface area (Å²) in [6.07, 6.45) is 1.14. The van der Waals surface area contributed by atoms with Crippen LogP contribution < -0.4 is 5.32 Å². The van der Waals surface area contributed by atoms with E-state index in [1.807, 2.05) is 0 Å². The van der Waals surface area contributed by atoms with Gasteiger partial charge in [-0.3, -0.25) is 0 Å². The molecule has 0 aliphatic rings. The van der Waals surface area contributed by atoms with Crippen molar-refractivity contribution < 1.29 is 4.42 Å². The summed E-state index contributed by atoms with van der Waals surface area (Å²) in [4.78, 5) is 0. The Morgan fingerprint density at radius 3 is 2.58 bits per heavy atom. The maximum atomic E-state index is 6.14. The molecule has 0 saturated carbocycles. The molecule has 1 aromatic heterocycles. The number of aryl methyl sites for hydroxylation is 1. The first-order valence-electron chi connectivity index (χ1n) is 7.28. The molecule has 1 unspecified atom stereocenters. The molecule has 0 amide bonds. The molecule has 2 rings (SSSR count). The predicted molar refractivity (Wildman–Crippen MR) is 81.6 cm³/mol. The van der Waals surface area contributed by atoms with Gasteiger partial charge in [-0.1, -0.05) is 45.9 Å². The second-order valence-electron chi connectivity index (χ2n) is 5.72. The van der Waals surface area contributed by atoms with Gasteiger partial charge in [0.1, 0.15) is 11.3 Å². The normalized spacial score (nSPS) is 13.4. The molecule has 0 aliphatic heterocycles. The second kappa shape index (κ2) is 5.79. The maximum Gasteiger partial charge on any atom is 0.138 e. The first kappa shape index (κ1) is 14.1. The summed E-state index contributed by atoms with van der Waals surface area (Å²) in [5.74, 6) is 1.61. The Bertz CT molecular complexity index is 554. The van der Waals surface area contributed by atoms with E-state index in [1.165, 1.54) is 16.5 Å². The Balaban J connectivity index is 2.44. The molecule has 0 fully saturated rings. The molecule has 0 spiro atoms. The van der Waals surface area contributed by atoms with Crippen LogP contribution in [-0.2, 0) is 6.54 Å². The zero-order valence-electron chi connectivity index (χ0n) is 12.7. The lowest BCUT2D eigenvalue weighted by atomic mass is 9.96. The number of rotatable bonds is 5. The number of hydrogen-bond donors (Lipinski definition) is 1. The van der Waals surface area contributed by atoms with E-state index in [4.69, 9.17) is 4.42 Å². The van der Waals surface area contributed by atoms with Gasteiger partial charge in [-0.05, 0) is 30.4 Å². The average Bonchev–Trinajstić information content (AvgIpc) is 2.72. The van der Waals surface area contributed by atoms with Crippen molar-refractivity contribution in [1.29, 1.82) is 0 Å². The summed E-state index contributed by atoms with van der Waals surface area (Å²) < 4.78 is 6.14. The van der Waals surface area contributed by atoms with Crippen LogP contribution in [0.2, 0.25) is 0 Å².